The molecule has 1 aliphatic carbocycles. The van der Waals surface area contributed by atoms with Gasteiger partial charge in [-0.25, -0.2) is 8.78 Å². The summed E-state index contributed by atoms with van der Waals surface area (Å²) in [5.74, 6) is -1.65. The van der Waals surface area contributed by atoms with Gasteiger partial charge in [-0.3, -0.25) is 0 Å². The largest absolute Gasteiger partial charge is 0.303 e. The number of rotatable bonds is 3. The molecule has 2 rings (SSSR count). The minimum atomic E-state index is -2.42. The summed E-state index contributed by atoms with van der Waals surface area (Å²) < 4.78 is 26.8. The molecule has 2 atom stereocenters. The average molecular weight is 238 g/mol. The van der Waals surface area contributed by atoms with Crippen LogP contribution in [0.25, 0.3) is 0 Å². The third-order valence-electron chi connectivity index (χ3n) is 3.73. The van der Waals surface area contributed by atoms with Crippen molar-refractivity contribution in [3.05, 3.63) is 0 Å². The van der Waals surface area contributed by atoms with Gasteiger partial charge in [-0.1, -0.05) is 0 Å². The smallest absolute Gasteiger partial charge is 0.252 e. The van der Waals surface area contributed by atoms with E-state index < -0.39 is 11.8 Å². The Balaban J connectivity index is 1.82. The van der Waals surface area contributed by atoms with Gasteiger partial charge in [0.1, 0.15) is 0 Å². The molecule has 2 unspecified atom stereocenters. The molecule has 0 radical (unpaired) electrons. The maximum absolute atomic E-state index is 13.4. The Morgan fingerprint density at radius 2 is 2.13 bits per heavy atom. The molecule has 1 saturated heterocycles. The molecular weight excluding hydrogens is 220 g/mol. The van der Waals surface area contributed by atoms with Gasteiger partial charge < -0.3 is 4.90 Å². The van der Waals surface area contributed by atoms with Gasteiger partial charge in [0.05, 0.1) is 0 Å². The van der Waals surface area contributed by atoms with E-state index in [1.54, 1.807) is 0 Å². The molecule has 1 saturated carbocycles. The Morgan fingerprint density at radius 1 is 1.33 bits per heavy atom. The molecule has 4 heteroatoms. The van der Waals surface area contributed by atoms with Gasteiger partial charge >= 0.3 is 0 Å². The molecule has 2 fully saturated rings. The second-order valence-electron chi connectivity index (χ2n) is 4.92. The van der Waals surface area contributed by atoms with Crippen LogP contribution in [-0.4, -0.2) is 36.3 Å². The van der Waals surface area contributed by atoms with Crippen LogP contribution in [0.5, 0.6) is 0 Å². The second kappa shape index (κ2) is 4.54. The maximum Gasteiger partial charge on any atom is 0.252 e. The number of hydrogen-bond acceptors (Lipinski definition) is 1. The Bertz CT molecular complexity index is 223. The van der Waals surface area contributed by atoms with Crippen molar-refractivity contribution in [1.82, 2.24) is 4.90 Å². The van der Waals surface area contributed by atoms with Crippen LogP contribution in [0.3, 0.4) is 0 Å². The number of nitrogens with zero attached hydrogens (tertiary/aromatic N) is 1. The van der Waals surface area contributed by atoms with Crippen LogP contribution in [0.4, 0.5) is 8.78 Å². The van der Waals surface area contributed by atoms with E-state index >= 15 is 0 Å². The maximum atomic E-state index is 13.4. The lowest BCUT2D eigenvalue weighted by Crippen LogP contribution is -2.34. The summed E-state index contributed by atoms with van der Waals surface area (Å²) in [5.41, 5.74) is 0. The summed E-state index contributed by atoms with van der Waals surface area (Å²) in [6.45, 7) is 2.43. The Kier molecular flexibility index (Phi) is 3.51. The van der Waals surface area contributed by atoms with Gasteiger partial charge in [0.15, 0.2) is 0 Å². The number of likely N-dealkylation sites (tertiary alicyclic amines) is 1. The normalized spacial score (nSPS) is 36.2. The van der Waals surface area contributed by atoms with Gasteiger partial charge in [-0.15, -0.1) is 11.6 Å². The Morgan fingerprint density at radius 3 is 2.67 bits per heavy atom. The molecule has 0 N–H and O–H groups in total. The zero-order chi connectivity index (χ0) is 10.9. The molecule has 0 aromatic rings. The van der Waals surface area contributed by atoms with Gasteiger partial charge in [0.2, 0.25) is 0 Å². The lowest BCUT2D eigenvalue weighted by atomic mass is 10.0. The van der Waals surface area contributed by atoms with Crippen molar-refractivity contribution >= 4 is 11.6 Å². The van der Waals surface area contributed by atoms with Crippen LogP contribution >= 0.6 is 11.6 Å². The molecule has 0 spiro atoms. The van der Waals surface area contributed by atoms with Crippen LogP contribution in [0.1, 0.15) is 25.7 Å². The first-order valence-corrected chi connectivity index (χ1v) is 6.31. The molecule has 0 aromatic carbocycles. The topological polar surface area (TPSA) is 3.24 Å². The van der Waals surface area contributed by atoms with E-state index in [2.05, 4.69) is 4.90 Å². The fraction of sp³-hybridized carbons (Fsp3) is 1.00. The quantitative estimate of drug-likeness (QED) is 0.683. The van der Waals surface area contributed by atoms with Gasteiger partial charge in [0, 0.05) is 31.3 Å². The van der Waals surface area contributed by atoms with Crippen molar-refractivity contribution in [1.29, 1.82) is 0 Å². The minimum Gasteiger partial charge on any atom is -0.303 e. The molecule has 0 bridgehead atoms. The van der Waals surface area contributed by atoms with Crippen molar-refractivity contribution in [2.45, 2.75) is 31.6 Å². The summed E-state index contributed by atoms with van der Waals surface area (Å²) in [7, 11) is 0. The molecular formula is C11H18ClF2N. The summed E-state index contributed by atoms with van der Waals surface area (Å²) in [6.07, 6.45) is 2.53. The molecule has 1 nitrogen and oxygen atoms in total. The van der Waals surface area contributed by atoms with E-state index in [4.69, 9.17) is 11.6 Å². The first-order valence-electron chi connectivity index (χ1n) is 5.78. The summed E-state index contributed by atoms with van der Waals surface area (Å²) in [6, 6.07) is 0. The molecule has 88 valence electrons. The SMILES string of the molecule is FC1(F)CCCC1CN1CCC(CCl)C1. The Hall–Kier alpha value is 0.110. The first-order chi connectivity index (χ1) is 7.12. The first kappa shape index (κ1) is 11.6. The van der Waals surface area contributed by atoms with E-state index in [0.29, 0.717) is 31.2 Å². The molecule has 1 heterocycles. The lowest BCUT2D eigenvalue weighted by Gasteiger charge is -2.24. The summed E-state index contributed by atoms with van der Waals surface area (Å²) in [5, 5.41) is 0. The second-order valence-corrected chi connectivity index (χ2v) is 5.23. The highest BCUT2D eigenvalue weighted by atomic mass is 35.5. The summed E-state index contributed by atoms with van der Waals surface area (Å²) >= 11 is 5.77. The van der Waals surface area contributed by atoms with Gasteiger partial charge in [-0.2, -0.15) is 0 Å². The minimum absolute atomic E-state index is 0.0877. The van der Waals surface area contributed by atoms with Crippen molar-refractivity contribution in [2.24, 2.45) is 11.8 Å². The van der Waals surface area contributed by atoms with Crippen LogP contribution < -0.4 is 0 Å². The number of halogens is 3. The molecule has 1 aliphatic heterocycles. The van der Waals surface area contributed by atoms with Gasteiger partial charge in [-0.05, 0) is 31.7 Å². The van der Waals surface area contributed by atoms with E-state index in [-0.39, 0.29) is 6.42 Å². The summed E-state index contributed by atoms with van der Waals surface area (Å²) in [4.78, 5) is 2.16. The van der Waals surface area contributed by atoms with Gasteiger partial charge in [0.25, 0.3) is 5.92 Å². The Labute approximate surface area is 94.8 Å². The highest BCUT2D eigenvalue weighted by Gasteiger charge is 2.44. The van der Waals surface area contributed by atoms with Crippen LogP contribution in [0.15, 0.2) is 0 Å². The standard InChI is InChI=1S/C11H18ClF2N/c12-6-9-3-5-15(7-9)8-10-2-1-4-11(10,13)14/h9-10H,1-8H2. The van der Waals surface area contributed by atoms with E-state index in [9.17, 15) is 8.78 Å². The van der Waals surface area contributed by atoms with Crippen molar-refractivity contribution in [2.75, 3.05) is 25.5 Å². The lowest BCUT2D eigenvalue weighted by molar-refractivity contribution is -0.0457. The van der Waals surface area contributed by atoms with Crippen LogP contribution in [0.2, 0.25) is 0 Å². The fourth-order valence-electron chi connectivity index (χ4n) is 2.74. The van der Waals surface area contributed by atoms with Crippen molar-refractivity contribution in [3.8, 4) is 0 Å². The highest BCUT2D eigenvalue weighted by Crippen LogP contribution is 2.41. The average Bonchev–Trinajstić information content (AvgIpc) is 2.75. The van der Waals surface area contributed by atoms with Crippen LogP contribution in [0, 0.1) is 11.8 Å². The zero-order valence-electron chi connectivity index (χ0n) is 8.89. The predicted molar refractivity (Wildman–Crippen MR) is 57.6 cm³/mol. The van der Waals surface area contributed by atoms with Crippen LogP contribution in [-0.2, 0) is 0 Å². The molecule has 15 heavy (non-hydrogen) atoms. The number of hydrogen-bond donors (Lipinski definition) is 0. The van der Waals surface area contributed by atoms with Crippen molar-refractivity contribution in [3.63, 3.8) is 0 Å². The van der Waals surface area contributed by atoms with E-state index in [0.717, 1.165) is 19.5 Å². The zero-order valence-corrected chi connectivity index (χ0v) is 9.65. The fourth-order valence-corrected chi connectivity index (χ4v) is 2.99. The third-order valence-corrected chi connectivity index (χ3v) is 4.16. The van der Waals surface area contributed by atoms with E-state index in [1.165, 1.54) is 0 Å². The van der Waals surface area contributed by atoms with E-state index in [1.807, 2.05) is 0 Å². The molecule has 0 aromatic heterocycles. The molecule has 2 aliphatic rings. The predicted octanol–water partition coefficient (Wildman–Crippen LogP) is 2.98. The monoisotopic (exact) mass is 237 g/mol. The molecule has 0 amide bonds. The third kappa shape index (κ3) is 2.62. The van der Waals surface area contributed by atoms with Crippen molar-refractivity contribution < 1.29 is 8.78 Å². The highest BCUT2D eigenvalue weighted by molar-refractivity contribution is 6.18. The number of alkyl halides is 3.